The molecule has 0 aromatic rings. The Balaban J connectivity index is 2.20. The lowest BCUT2D eigenvalue weighted by Crippen LogP contribution is -2.44. The van der Waals surface area contributed by atoms with Gasteiger partial charge in [-0.2, -0.15) is 0 Å². The zero-order valence-corrected chi connectivity index (χ0v) is 9.53. The lowest BCUT2D eigenvalue weighted by Gasteiger charge is -2.28. The molecule has 0 aromatic heterocycles. The Kier molecular flexibility index (Phi) is 5.05. The molecule has 88 valence electrons. The van der Waals surface area contributed by atoms with Gasteiger partial charge in [-0.25, -0.2) is 0 Å². The summed E-state index contributed by atoms with van der Waals surface area (Å²) in [6.45, 7) is 3.85. The fraction of sp³-hybridized carbons (Fsp3) is 0.909. The maximum Gasteiger partial charge on any atom is 0.320 e. The average molecular weight is 215 g/mol. The van der Waals surface area contributed by atoms with Gasteiger partial charge in [0.15, 0.2) is 0 Å². The maximum atomic E-state index is 11.2. The predicted molar refractivity (Wildman–Crippen MR) is 57.5 cm³/mol. The van der Waals surface area contributed by atoms with Crippen molar-refractivity contribution in [1.82, 2.24) is 5.32 Å². The van der Waals surface area contributed by atoms with Crippen molar-refractivity contribution in [2.45, 2.75) is 57.8 Å². The number of hydrogen-bond acceptors (Lipinski definition) is 4. The SMILES string of the molecule is CC(C)OC(=O)CNC1CCCCC1O. The number of esters is 1. The van der Waals surface area contributed by atoms with E-state index < -0.39 is 0 Å². The first-order valence-corrected chi connectivity index (χ1v) is 5.70. The van der Waals surface area contributed by atoms with Crippen LogP contribution >= 0.6 is 0 Å². The molecule has 2 N–H and O–H groups in total. The summed E-state index contributed by atoms with van der Waals surface area (Å²) in [5.74, 6) is -0.247. The lowest BCUT2D eigenvalue weighted by atomic mass is 9.93. The number of nitrogens with one attached hydrogen (secondary N) is 1. The molecule has 4 heteroatoms. The van der Waals surface area contributed by atoms with Crippen LogP contribution in [0.2, 0.25) is 0 Å². The molecule has 0 saturated heterocycles. The normalized spacial score (nSPS) is 26.7. The third-order valence-electron chi connectivity index (χ3n) is 2.61. The van der Waals surface area contributed by atoms with Gasteiger partial charge in [0.2, 0.25) is 0 Å². The molecule has 1 aliphatic carbocycles. The van der Waals surface area contributed by atoms with E-state index in [1.54, 1.807) is 0 Å². The number of carbonyl (C=O) groups excluding carboxylic acids is 1. The first-order chi connectivity index (χ1) is 7.09. The van der Waals surface area contributed by atoms with Crippen LogP contribution in [0.5, 0.6) is 0 Å². The monoisotopic (exact) mass is 215 g/mol. The van der Waals surface area contributed by atoms with E-state index in [0.717, 1.165) is 25.7 Å². The fourth-order valence-electron chi connectivity index (χ4n) is 1.87. The maximum absolute atomic E-state index is 11.2. The molecule has 2 unspecified atom stereocenters. The zero-order valence-electron chi connectivity index (χ0n) is 9.53. The van der Waals surface area contributed by atoms with Gasteiger partial charge in [-0.15, -0.1) is 0 Å². The van der Waals surface area contributed by atoms with E-state index in [9.17, 15) is 9.90 Å². The number of ether oxygens (including phenoxy) is 1. The third-order valence-corrected chi connectivity index (χ3v) is 2.61. The highest BCUT2D eigenvalue weighted by molar-refractivity contribution is 5.71. The van der Waals surface area contributed by atoms with Gasteiger partial charge in [0.1, 0.15) is 0 Å². The van der Waals surface area contributed by atoms with Crippen molar-refractivity contribution in [3.63, 3.8) is 0 Å². The van der Waals surface area contributed by atoms with Crippen LogP contribution in [0.4, 0.5) is 0 Å². The summed E-state index contributed by atoms with van der Waals surface area (Å²) in [6, 6.07) is 0.0541. The minimum Gasteiger partial charge on any atom is -0.462 e. The number of carbonyl (C=O) groups is 1. The number of rotatable bonds is 4. The van der Waals surface area contributed by atoms with Gasteiger partial charge in [-0.1, -0.05) is 12.8 Å². The summed E-state index contributed by atoms with van der Waals surface area (Å²) in [6.07, 6.45) is 3.58. The molecule has 0 amide bonds. The van der Waals surface area contributed by atoms with Gasteiger partial charge in [-0.05, 0) is 26.7 Å². The van der Waals surface area contributed by atoms with Crippen LogP contribution in [-0.4, -0.2) is 35.9 Å². The molecule has 0 aliphatic heterocycles. The zero-order chi connectivity index (χ0) is 11.3. The van der Waals surface area contributed by atoms with Crippen LogP contribution in [0, 0.1) is 0 Å². The van der Waals surface area contributed by atoms with E-state index in [1.807, 2.05) is 13.8 Å². The van der Waals surface area contributed by atoms with Crippen molar-refractivity contribution in [1.29, 1.82) is 0 Å². The van der Waals surface area contributed by atoms with Crippen LogP contribution in [0.25, 0.3) is 0 Å². The molecule has 1 saturated carbocycles. The quantitative estimate of drug-likeness (QED) is 0.682. The standard InChI is InChI=1S/C11H21NO3/c1-8(2)15-11(14)7-12-9-5-3-4-6-10(9)13/h8-10,12-13H,3-7H2,1-2H3. The Morgan fingerprint density at radius 3 is 2.73 bits per heavy atom. The van der Waals surface area contributed by atoms with E-state index in [2.05, 4.69) is 5.32 Å². The first kappa shape index (κ1) is 12.5. The van der Waals surface area contributed by atoms with Crippen molar-refractivity contribution in [2.24, 2.45) is 0 Å². The molecule has 0 radical (unpaired) electrons. The highest BCUT2D eigenvalue weighted by Crippen LogP contribution is 2.17. The summed E-state index contributed by atoms with van der Waals surface area (Å²) in [5.41, 5.74) is 0. The Morgan fingerprint density at radius 1 is 1.47 bits per heavy atom. The van der Waals surface area contributed by atoms with Crippen LogP contribution in [0.1, 0.15) is 39.5 Å². The molecular formula is C11H21NO3. The van der Waals surface area contributed by atoms with Gasteiger partial charge >= 0.3 is 5.97 Å². The molecular weight excluding hydrogens is 194 g/mol. The van der Waals surface area contributed by atoms with Gasteiger partial charge in [-0.3, -0.25) is 4.79 Å². The number of hydrogen-bond donors (Lipinski definition) is 2. The van der Waals surface area contributed by atoms with E-state index in [4.69, 9.17) is 4.74 Å². The number of aliphatic hydroxyl groups excluding tert-OH is 1. The van der Waals surface area contributed by atoms with Crippen LogP contribution in [-0.2, 0) is 9.53 Å². The first-order valence-electron chi connectivity index (χ1n) is 5.70. The Bertz CT molecular complexity index is 206. The smallest absolute Gasteiger partial charge is 0.320 e. The highest BCUT2D eigenvalue weighted by Gasteiger charge is 2.23. The van der Waals surface area contributed by atoms with Gasteiger partial charge < -0.3 is 15.2 Å². The molecule has 1 aliphatic rings. The van der Waals surface area contributed by atoms with E-state index >= 15 is 0 Å². The average Bonchev–Trinajstić information content (AvgIpc) is 2.15. The number of aliphatic hydroxyl groups is 1. The van der Waals surface area contributed by atoms with Crippen molar-refractivity contribution < 1.29 is 14.6 Å². The lowest BCUT2D eigenvalue weighted by molar-refractivity contribution is -0.146. The predicted octanol–water partition coefficient (Wildman–Crippen LogP) is 0.831. The van der Waals surface area contributed by atoms with Crippen LogP contribution in [0.15, 0.2) is 0 Å². The minimum absolute atomic E-state index is 0.0541. The molecule has 1 rings (SSSR count). The summed E-state index contributed by atoms with van der Waals surface area (Å²) < 4.78 is 4.99. The van der Waals surface area contributed by atoms with Crippen LogP contribution in [0.3, 0.4) is 0 Å². The highest BCUT2D eigenvalue weighted by atomic mass is 16.5. The summed E-state index contributed by atoms with van der Waals surface area (Å²) in [4.78, 5) is 11.2. The van der Waals surface area contributed by atoms with Crippen molar-refractivity contribution in [2.75, 3.05) is 6.54 Å². The second-order valence-electron chi connectivity index (χ2n) is 4.38. The molecule has 0 heterocycles. The second kappa shape index (κ2) is 6.08. The summed E-state index contributed by atoms with van der Waals surface area (Å²) in [5, 5.41) is 12.7. The molecule has 2 atom stereocenters. The topological polar surface area (TPSA) is 58.6 Å². The summed E-state index contributed by atoms with van der Waals surface area (Å²) >= 11 is 0. The van der Waals surface area contributed by atoms with Crippen LogP contribution < -0.4 is 5.32 Å². The van der Waals surface area contributed by atoms with Gasteiger partial charge in [0.25, 0.3) is 0 Å². The van der Waals surface area contributed by atoms with Gasteiger partial charge in [0.05, 0.1) is 18.8 Å². The molecule has 0 bridgehead atoms. The Hall–Kier alpha value is -0.610. The van der Waals surface area contributed by atoms with Gasteiger partial charge in [0, 0.05) is 6.04 Å². The molecule has 15 heavy (non-hydrogen) atoms. The van der Waals surface area contributed by atoms with E-state index in [-0.39, 0.29) is 30.8 Å². The minimum atomic E-state index is -0.314. The van der Waals surface area contributed by atoms with Crippen molar-refractivity contribution in [3.8, 4) is 0 Å². The summed E-state index contributed by atoms with van der Waals surface area (Å²) in [7, 11) is 0. The molecule has 0 aromatic carbocycles. The largest absolute Gasteiger partial charge is 0.462 e. The van der Waals surface area contributed by atoms with E-state index in [0.29, 0.717) is 0 Å². The fourth-order valence-corrected chi connectivity index (χ4v) is 1.87. The molecule has 1 fully saturated rings. The Labute approximate surface area is 91.0 Å². The third kappa shape index (κ3) is 4.62. The molecule has 0 spiro atoms. The molecule has 4 nitrogen and oxygen atoms in total. The second-order valence-corrected chi connectivity index (χ2v) is 4.38. The van der Waals surface area contributed by atoms with Crippen molar-refractivity contribution >= 4 is 5.97 Å². The Morgan fingerprint density at radius 2 is 2.13 bits per heavy atom. The van der Waals surface area contributed by atoms with Crippen molar-refractivity contribution in [3.05, 3.63) is 0 Å². The van der Waals surface area contributed by atoms with E-state index in [1.165, 1.54) is 0 Å².